The number of hydrogen-bond acceptors (Lipinski definition) is 1. The van der Waals surface area contributed by atoms with Crippen molar-refractivity contribution in [3.05, 3.63) is 42.3 Å². The molecule has 0 saturated carbocycles. The van der Waals surface area contributed by atoms with Crippen molar-refractivity contribution in [2.45, 2.75) is 4.90 Å². The minimum atomic E-state index is 1.12. The molecule has 0 aromatic heterocycles. The van der Waals surface area contributed by atoms with Crippen LogP contribution in [0.25, 0.3) is 0 Å². The minimum Gasteiger partial charge on any atom is -0.0980 e. The summed E-state index contributed by atoms with van der Waals surface area (Å²) in [5, 5.41) is 1.80. The van der Waals surface area contributed by atoms with Gasteiger partial charge in [0.25, 0.3) is 0 Å². The molecular formula is C8H7S. The monoisotopic (exact) mass is 135 g/mol. The van der Waals surface area contributed by atoms with Gasteiger partial charge in [-0.15, -0.1) is 0 Å². The lowest BCUT2D eigenvalue weighted by Crippen LogP contribution is -1.63. The number of rotatable bonds is 2. The van der Waals surface area contributed by atoms with Crippen molar-refractivity contribution in [3.63, 3.8) is 0 Å². The third kappa shape index (κ3) is 1.94. The predicted molar refractivity (Wildman–Crippen MR) is 41.3 cm³/mol. The maximum absolute atomic E-state index is 3.60. The van der Waals surface area contributed by atoms with Gasteiger partial charge in [0, 0.05) is 4.90 Å². The van der Waals surface area contributed by atoms with Gasteiger partial charge in [-0.1, -0.05) is 36.5 Å². The Labute approximate surface area is 59.6 Å². The van der Waals surface area contributed by atoms with Crippen molar-refractivity contribution in [1.29, 1.82) is 0 Å². The highest BCUT2D eigenvalue weighted by Crippen LogP contribution is 2.15. The van der Waals surface area contributed by atoms with Crippen molar-refractivity contribution < 1.29 is 0 Å². The molecule has 0 aliphatic carbocycles. The molecule has 0 aliphatic rings. The van der Waals surface area contributed by atoms with Crippen LogP contribution in [-0.2, 0) is 0 Å². The highest BCUT2D eigenvalue weighted by atomic mass is 32.2. The Morgan fingerprint density at radius 3 is 3.00 bits per heavy atom. The summed E-state index contributed by atoms with van der Waals surface area (Å²) in [6.07, 6.45) is 0. The lowest BCUT2D eigenvalue weighted by atomic mass is 10.4. The Morgan fingerprint density at radius 1 is 1.56 bits per heavy atom. The standard InChI is InChI=1S/C8H7S/c1-2-9-8-6-4-3-5-7-8/h2-6H,1H2. The van der Waals surface area contributed by atoms with Crippen LogP contribution < -0.4 is 0 Å². The molecule has 0 fully saturated rings. The molecule has 0 unspecified atom stereocenters. The van der Waals surface area contributed by atoms with Crippen LogP contribution in [0.2, 0.25) is 0 Å². The lowest BCUT2D eigenvalue weighted by Gasteiger charge is -1.89. The lowest BCUT2D eigenvalue weighted by molar-refractivity contribution is 1.45. The van der Waals surface area contributed by atoms with Crippen LogP contribution >= 0.6 is 11.8 Å². The van der Waals surface area contributed by atoms with Gasteiger partial charge < -0.3 is 0 Å². The second kappa shape index (κ2) is 3.36. The Morgan fingerprint density at radius 2 is 2.44 bits per heavy atom. The van der Waals surface area contributed by atoms with Crippen LogP contribution in [0.5, 0.6) is 0 Å². The largest absolute Gasteiger partial charge is 0.0980 e. The number of hydrogen-bond donors (Lipinski definition) is 0. The molecule has 0 heterocycles. The Bertz CT molecular complexity index is 179. The molecule has 0 nitrogen and oxygen atoms in total. The average Bonchev–Trinajstić information content (AvgIpc) is 1.91. The summed E-state index contributed by atoms with van der Waals surface area (Å²) in [4.78, 5) is 1.12. The maximum Gasteiger partial charge on any atom is 0.0194 e. The van der Waals surface area contributed by atoms with E-state index in [-0.39, 0.29) is 0 Å². The van der Waals surface area contributed by atoms with Crippen LogP contribution in [0.15, 0.2) is 41.1 Å². The van der Waals surface area contributed by atoms with E-state index < -0.39 is 0 Å². The van der Waals surface area contributed by atoms with Gasteiger partial charge in [0.05, 0.1) is 0 Å². The fourth-order valence-electron chi connectivity index (χ4n) is 0.540. The Kier molecular flexibility index (Phi) is 2.40. The topological polar surface area (TPSA) is 0 Å². The normalized spacial score (nSPS) is 8.89. The first kappa shape index (κ1) is 6.43. The van der Waals surface area contributed by atoms with E-state index >= 15 is 0 Å². The molecule has 9 heavy (non-hydrogen) atoms. The van der Waals surface area contributed by atoms with E-state index in [1.807, 2.05) is 24.3 Å². The summed E-state index contributed by atoms with van der Waals surface area (Å²) in [5.41, 5.74) is 0. The smallest absolute Gasteiger partial charge is 0.0194 e. The highest BCUT2D eigenvalue weighted by Gasteiger charge is 1.83. The molecule has 0 atom stereocenters. The van der Waals surface area contributed by atoms with Crippen molar-refractivity contribution >= 4 is 11.8 Å². The molecule has 45 valence electrons. The minimum absolute atomic E-state index is 1.12. The average molecular weight is 135 g/mol. The molecule has 0 saturated heterocycles. The van der Waals surface area contributed by atoms with E-state index in [1.54, 1.807) is 17.2 Å². The van der Waals surface area contributed by atoms with E-state index in [2.05, 4.69) is 12.6 Å². The molecule has 0 aliphatic heterocycles. The molecule has 1 heteroatoms. The molecule has 0 bridgehead atoms. The highest BCUT2D eigenvalue weighted by molar-refractivity contribution is 8.02. The molecule has 1 aromatic rings. The second-order valence-electron chi connectivity index (χ2n) is 1.51. The molecule has 0 spiro atoms. The van der Waals surface area contributed by atoms with Crippen LogP contribution in [0.3, 0.4) is 0 Å². The van der Waals surface area contributed by atoms with Crippen molar-refractivity contribution in [2.75, 3.05) is 0 Å². The van der Waals surface area contributed by atoms with E-state index in [4.69, 9.17) is 0 Å². The molecule has 1 rings (SSSR count). The van der Waals surface area contributed by atoms with Gasteiger partial charge in [-0.25, -0.2) is 0 Å². The summed E-state index contributed by atoms with van der Waals surface area (Å²) in [6, 6.07) is 10.9. The quantitative estimate of drug-likeness (QED) is 0.562. The summed E-state index contributed by atoms with van der Waals surface area (Å²) in [6.45, 7) is 3.60. The summed E-state index contributed by atoms with van der Waals surface area (Å²) in [7, 11) is 0. The zero-order valence-corrected chi connectivity index (χ0v) is 5.82. The first-order valence-electron chi connectivity index (χ1n) is 2.68. The number of thioether (sulfide) groups is 1. The maximum atomic E-state index is 3.60. The first-order valence-corrected chi connectivity index (χ1v) is 3.56. The predicted octanol–water partition coefficient (Wildman–Crippen LogP) is 2.72. The Hall–Kier alpha value is -0.690. The van der Waals surface area contributed by atoms with Gasteiger partial charge >= 0.3 is 0 Å². The zero-order valence-electron chi connectivity index (χ0n) is 5.00. The molecule has 0 N–H and O–H groups in total. The van der Waals surface area contributed by atoms with Crippen LogP contribution in [0.4, 0.5) is 0 Å². The van der Waals surface area contributed by atoms with E-state index in [0.717, 1.165) is 4.90 Å². The Balaban J connectivity index is 2.72. The fourth-order valence-corrected chi connectivity index (χ4v) is 1.01. The second-order valence-corrected chi connectivity index (χ2v) is 2.52. The first-order chi connectivity index (χ1) is 4.43. The third-order valence-corrected chi connectivity index (χ3v) is 1.57. The molecular weight excluding hydrogens is 128 g/mol. The van der Waals surface area contributed by atoms with Gasteiger partial charge in [-0.05, 0) is 17.5 Å². The summed E-state index contributed by atoms with van der Waals surface area (Å²) < 4.78 is 0. The third-order valence-electron chi connectivity index (χ3n) is 0.891. The van der Waals surface area contributed by atoms with Crippen molar-refractivity contribution in [2.24, 2.45) is 0 Å². The van der Waals surface area contributed by atoms with Crippen LogP contribution in [0.1, 0.15) is 0 Å². The summed E-state index contributed by atoms with van der Waals surface area (Å²) >= 11 is 1.58. The van der Waals surface area contributed by atoms with Crippen molar-refractivity contribution in [1.82, 2.24) is 0 Å². The van der Waals surface area contributed by atoms with Crippen molar-refractivity contribution in [3.8, 4) is 0 Å². The van der Waals surface area contributed by atoms with Gasteiger partial charge in [0.15, 0.2) is 0 Å². The van der Waals surface area contributed by atoms with Gasteiger partial charge in [0.1, 0.15) is 0 Å². The SMILES string of the molecule is C=CSc1[c]cccc1. The van der Waals surface area contributed by atoms with Gasteiger partial charge in [0.2, 0.25) is 0 Å². The van der Waals surface area contributed by atoms with E-state index in [1.165, 1.54) is 0 Å². The fraction of sp³-hybridized carbons (Fsp3) is 0. The zero-order chi connectivity index (χ0) is 6.53. The number of benzene rings is 1. The van der Waals surface area contributed by atoms with E-state index in [0.29, 0.717) is 0 Å². The molecule has 0 amide bonds. The van der Waals surface area contributed by atoms with E-state index in [9.17, 15) is 0 Å². The van der Waals surface area contributed by atoms with Crippen LogP contribution in [-0.4, -0.2) is 0 Å². The van der Waals surface area contributed by atoms with Gasteiger partial charge in [-0.2, -0.15) is 0 Å². The van der Waals surface area contributed by atoms with Gasteiger partial charge in [-0.3, -0.25) is 0 Å². The molecule has 1 radical (unpaired) electrons. The van der Waals surface area contributed by atoms with Crippen LogP contribution in [0, 0.1) is 6.07 Å². The summed E-state index contributed by atoms with van der Waals surface area (Å²) in [5.74, 6) is 0. The molecule has 1 aromatic carbocycles.